The van der Waals surface area contributed by atoms with Gasteiger partial charge in [-0.15, -0.1) is 0 Å². The molecule has 2 rings (SSSR count). The monoisotopic (exact) mass is 1020 g/mol. The van der Waals surface area contributed by atoms with Gasteiger partial charge in [-0.2, -0.15) is 0 Å². The molecule has 0 bridgehead atoms. The van der Waals surface area contributed by atoms with Crippen molar-refractivity contribution < 1.29 is 9.47 Å². The summed E-state index contributed by atoms with van der Waals surface area (Å²) in [5.41, 5.74) is 49.7. The van der Waals surface area contributed by atoms with E-state index in [2.05, 4.69) is 109 Å². The Kier molecular flexibility index (Phi) is 80.3. The van der Waals surface area contributed by atoms with Gasteiger partial charge in [0.15, 0.2) is 0 Å². The fraction of sp³-hybridized carbons (Fsp3) is 1.00. The molecule has 2 fully saturated rings. The van der Waals surface area contributed by atoms with E-state index in [9.17, 15) is 0 Å². The zero-order valence-corrected chi connectivity index (χ0v) is 51.7. The molecule has 2 aliphatic carbocycles. The van der Waals surface area contributed by atoms with Gasteiger partial charge >= 0.3 is 0 Å². The van der Waals surface area contributed by atoms with Gasteiger partial charge in [-0.05, 0) is 172 Å². The topological polar surface area (TPSA) is 256 Å². The number of unbranched alkanes of at least 4 members (excludes halogenated alkanes) is 7. The number of rotatable bonds is 27. The zero-order chi connectivity index (χ0) is 56.2. The number of nitrogens with zero attached hydrogens (tertiary/aromatic N) is 1. The lowest BCUT2D eigenvalue weighted by Crippen LogP contribution is -2.40. The fourth-order valence-corrected chi connectivity index (χ4v) is 8.23. The van der Waals surface area contributed by atoms with Crippen LogP contribution in [-0.2, 0) is 9.47 Å². The molecule has 18 N–H and O–H groups in total. The molecule has 0 spiro atoms. The first-order valence-electron chi connectivity index (χ1n) is 29.8. The van der Waals surface area contributed by atoms with E-state index in [4.69, 9.17) is 61.1 Å². The molecule has 0 radical (unpaired) electrons. The lowest BCUT2D eigenvalue weighted by atomic mass is 9.64. The predicted octanol–water partition coefficient (Wildman–Crippen LogP) is 11.7. The molecular weight excluding hydrogens is 881 g/mol. The van der Waals surface area contributed by atoms with Crippen LogP contribution in [0.4, 0.5) is 0 Å². The Morgan fingerprint density at radius 2 is 1.08 bits per heavy atom. The van der Waals surface area contributed by atoms with Gasteiger partial charge in [-0.3, -0.25) is 0 Å². The molecule has 440 valence electrons. The largest absolute Gasteiger partial charge is 0.379 e. The van der Waals surface area contributed by atoms with Crippen LogP contribution in [0, 0.1) is 28.6 Å². The van der Waals surface area contributed by atoms with E-state index in [0.29, 0.717) is 55.3 Å². The molecule has 0 aliphatic heterocycles. The van der Waals surface area contributed by atoms with Crippen LogP contribution in [0.5, 0.6) is 0 Å². The molecule has 0 aromatic rings. The van der Waals surface area contributed by atoms with Crippen molar-refractivity contribution in [3.05, 3.63) is 0 Å². The van der Waals surface area contributed by atoms with Crippen LogP contribution in [-0.4, -0.2) is 109 Å². The van der Waals surface area contributed by atoms with Gasteiger partial charge in [0.1, 0.15) is 0 Å². The quantitative estimate of drug-likeness (QED) is 0.0348. The van der Waals surface area contributed by atoms with Crippen molar-refractivity contribution in [1.82, 2.24) is 4.90 Å². The average molecular weight is 1020 g/mol. The van der Waals surface area contributed by atoms with Gasteiger partial charge in [-0.25, -0.2) is 0 Å². The Morgan fingerprint density at radius 1 is 0.563 bits per heavy atom. The van der Waals surface area contributed by atoms with Crippen molar-refractivity contribution in [3.63, 3.8) is 0 Å². The third-order valence-corrected chi connectivity index (χ3v) is 12.0. The molecule has 0 aromatic heterocycles. The summed E-state index contributed by atoms with van der Waals surface area (Å²) in [5, 5.41) is 0. The highest BCUT2D eigenvalue weighted by Gasteiger charge is 2.36. The van der Waals surface area contributed by atoms with E-state index in [1.807, 2.05) is 6.92 Å². The molecule has 71 heavy (non-hydrogen) atoms. The summed E-state index contributed by atoms with van der Waals surface area (Å²) in [5.74, 6) is 2.51. The van der Waals surface area contributed by atoms with Crippen LogP contribution >= 0.6 is 0 Å². The number of ether oxygens (including phenoxy) is 2. The minimum atomic E-state index is 0.324. The molecule has 0 heterocycles. The number of nitrogens with two attached hydrogens (primary N) is 9. The van der Waals surface area contributed by atoms with E-state index >= 15 is 0 Å². The number of hydrogen-bond acceptors (Lipinski definition) is 12. The van der Waals surface area contributed by atoms with Gasteiger partial charge in [0.25, 0.3) is 0 Å². The first kappa shape index (κ1) is 84.5. The Morgan fingerprint density at radius 3 is 1.38 bits per heavy atom. The SMILES string of the molecule is CC1(C)CC(N)CC(C)(C)C1.CC1CCCC(CN)C1.CCC(N)CCN.CCCC(C)N.CCCCC(C)CN.CCCCCCCN.CCCCN.CCCCN(C)C.CCCOCCOCCN. The predicted molar refractivity (Wildman–Crippen MR) is 324 cm³/mol. The molecule has 2 aliphatic rings. The highest BCUT2D eigenvalue weighted by atomic mass is 16.5. The molecule has 0 aromatic carbocycles. The Bertz CT molecular complexity index is 868. The molecule has 5 atom stereocenters. The molecule has 12 heteroatoms. The summed E-state index contributed by atoms with van der Waals surface area (Å²) < 4.78 is 10.2. The molecule has 0 amide bonds. The van der Waals surface area contributed by atoms with E-state index < -0.39 is 0 Å². The van der Waals surface area contributed by atoms with Crippen molar-refractivity contribution in [2.45, 2.75) is 269 Å². The summed E-state index contributed by atoms with van der Waals surface area (Å²) in [6.07, 6.45) is 30.2. The van der Waals surface area contributed by atoms with Gasteiger partial charge in [0.2, 0.25) is 0 Å². The lowest BCUT2D eigenvalue weighted by molar-refractivity contribution is 0.0510. The van der Waals surface area contributed by atoms with E-state index in [-0.39, 0.29) is 0 Å². The molecule has 12 nitrogen and oxygen atoms in total. The average Bonchev–Trinajstić information content (AvgIpc) is 3.31. The Hall–Kier alpha value is -0.480. The van der Waals surface area contributed by atoms with Crippen molar-refractivity contribution in [1.29, 1.82) is 0 Å². The highest BCUT2D eigenvalue weighted by Crippen LogP contribution is 2.44. The van der Waals surface area contributed by atoms with Crippen LogP contribution in [0.2, 0.25) is 0 Å². The molecular formula is C59H142N10O2. The Balaban J connectivity index is -0.000000131. The first-order chi connectivity index (χ1) is 33.5. The summed E-state index contributed by atoms with van der Waals surface area (Å²) in [6, 6.07) is 1.15. The normalized spacial score (nSPS) is 17.7. The van der Waals surface area contributed by atoms with Crippen molar-refractivity contribution in [2.24, 2.45) is 80.2 Å². The summed E-state index contributed by atoms with van der Waals surface area (Å²) >= 11 is 0. The standard InChI is InChI=1S/C10H21N.C8H17N.C7H17NO2.2C7H17N.C6H15N.C5H14N2.C5H13N.C4H11N/c1-9(2)5-8(11)6-10(3,4)7-9;1-7-3-2-4-8(5-7)6-9;1-2-4-9-6-7-10-5-3-8;1-3-4-5-7(2)6-8;1-2-3-4-5-6-7-8;1-4-5-6-7(2)3;1-2-5(7)3-4-6;1-3-4-5(2)6;1-2-3-4-5/h8H,5-7,11H2,1-4H3;7-8H,2-6,9H2,1H3;2-8H2,1H3;7H,3-6,8H2,1-2H3;2-8H2,1H3;4-6H2,1-3H3;5H,2-4,6-7H2,1H3;5H,3-4,6H2,1-2H3;2-5H2,1H3. The van der Waals surface area contributed by atoms with Gasteiger partial charge in [0, 0.05) is 31.3 Å². The minimum absolute atomic E-state index is 0.324. The smallest absolute Gasteiger partial charge is 0.0701 e. The maximum absolute atomic E-state index is 5.99. The van der Waals surface area contributed by atoms with Crippen LogP contribution in [0.15, 0.2) is 0 Å². The van der Waals surface area contributed by atoms with Crippen LogP contribution in [0.25, 0.3) is 0 Å². The minimum Gasteiger partial charge on any atom is -0.379 e. The summed E-state index contributed by atoms with van der Waals surface area (Å²) in [4.78, 5) is 2.21. The second-order valence-corrected chi connectivity index (χ2v) is 22.6. The number of hydrogen-bond donors (Lipinski definition) is 9. The van der Waals surface area contributed by atoms with Gasteiger partial charge < -0.3 is 66.0 Å². The molecule has 0 saturated heterocycles. The fourth-order valence-electron chi connectivity index (χ4n) is 8.23. The Labute approximate surface area is 448 Å². The molecule has 5 unspecified atom stereocenters. The van der Waals surface area contributed by atoms with Crippen LogP contribution in [0.1, 0.15) is 251 Å². The molecule has 2 saturated carbocycles. The van der Waals surface area contributed by atoms with Crippen LogP contribution < -0.4 is 51.6 Å². The van der Waals surface area contributed by atoms with Gasteiger partial charge in [0.05, 0.1) is 19.8 Å². The van der Waals surface area contributed by atoms with E-state index in [1.165, 1.54) is 135 Å². The van der Waals surface area contributed by atoms with E-state index in [0.717, 1.165) is 82.8 Å². The van der Waals surface area contributed by atoms with Crippen molar-refractivity contribution in [2.75, 3.05) is 86.3 Å². The second kappa shape index (κ2) is 67.5. The van der Waals surface area contributed by atoms with Gasteiger partial charge in [-0.1, -0.05) is 161 Å². The highest BCUT2D eigenvalue weighted by molar-refractivity contribution is 4.90. The lowest BCUT2D eigenvalue weighted by Gasteiger charge is -2.43. The van der Waals surface area contributed by atoms with E-state index in [1.54, 1.807) is 0 Å². The maximum atomic E-state index is 5.99. The van der Waals surface area contributed by atoms with Crippen LogP contribution in [0.3, 0.4) is 0 Å². The maximum Gasteiger partial charge on any atom is 0.0701 e. The van der Waals surface area contributed by atoms with Crippen molar-refractivity contribution >= 4 is 0 Å². The van der Waals surface area contributed by atoms with Crippen molar-refractivity contribution in [3.8, 4) is 0 Å². The first-order valence-corrected chi connectivity index (χ1v) is 29.8. The summed E-state index contributed by atoms with van der Waals surface area (Å²) in [6.45, 7) is 39.8. The third-order valence-electron chi connectivity index (χ3n) is 12.0. The second-order valence-electron chi connectivity index (χ2n) is 22.6. The summed E-state index contributed by atoms with van der Waals surface area (Å²) in [7, 11) is 4.21. The zero-order valence-electron chi connectivity index (χ0n) is 51.7. The third kappa shape index (κ3) is 89.5.